The molecule has 0 atom stereocenters. The van der Waals surface area contributed by atoms with E-state index in [4.69, 9.17) is 0 Å². The van der Waals surface area contributed by atoms with E-state index in [9.17, 15) is 14.4 Å². The van der Waals surface area contributed by atoms with Crippen LogP contribution in [0.1, 0.15) is 25.0 Å². The van der Waals surface area contributed by atoms with Gasteiger partial charge < -0.3 is 9.88 Å². The molecule has 0 spiro atoms. The van der Waals surface area contributed by atoms with Crippen molar-refractivity contribution >= 4 is 17.7 Å². The van der Waals surface area contributed by atoms with Crippen LogP contribution >= 0.6 is 11.8 Å². The van der Waals surface area contributed by atoms with Crippen LogP contribution in [-0.2, 0) is 24.8 Å². The molecular weight excluding hydrogens is 338 g/mol. The van der Waals surface area contributed by atoms with Crippen molar-refractivity contribution in [3.8, 4) is 0 Å². The maximum atomic E-state index is 12.7. The smallest absolute Gasteiger partial charge is 0.328 e. The van der Waals surface area contributed by atoms with Gasteiger partial charge in [0, 0.05) is 36.3 Å². The molecule has 0 fully saturated rings. The van der Waals surface area contributed by atoms with Crippen LogP contribution in [0.15, 0.2) is 44.9 Å². The first kappa shape index (κ1) is 19.1. The van der Waals surface area contributed by atoms with E-state index in [0.29, 0.717) is 6.54 Å². The number of hydrogen-bond donors (Lipinski definition) is 1. The van der Waals surface area contributed by atoms with E-state index in [0.717, 1.165) is 15.0 Å². The van der Waals surface area contributed by atoms with E-state index in [-0.39, 0.29) is 23.9 Å². The Balaban J connectivity index is 2.22. The number of aromatic amines is 1. The summed E-state index contributed by atoms with van der Waals surface area (Å²) in [4.78, 5) is 41.7. The second-order valence-electron chi connectivity index (χ2n) is 6.13. The highest BCUT2D eigenvalue weighted by Gasteiger charge is 2.19. The van der Waals surface area contributed by atoms with Crippen LogP contribution in [0, 0.1) is 0 Å². The molecule has 0 aliphatic carbocycles. The number of rotatable bonds is 6. The minimum absolute atomic E-state index is 0.00273. The van der Waals surface area contributed by atoms with Gasteiger partial charge in [0.1, 0.15) is 0 Å². The predicted molar refractivity (Wildman–Crippen MR) is 99.9 cm³/mol. The number of nitrogens with zero attached hydrogens (tertiary/aromatic N) is 2. The van der Waals surface area contributed by atoms with Crippen LogP contribution in [-0.4, -0.2) is 32.7 Å². The van der Waals surface area contributed by atoms with Gasteiger partial charge >= 0.3 is 5.69 Å². The number of benzene rings is 1. The van der Waals surface area contributed by atoms with E-state index in [1.165, 1.54) is 13.2 Å². The molecule has 0 radical (unpaired) electrons. The molecule has 0 bridgehead atoms. The molecule has 1 amide bonds. The fourth-order valence-electron chi connectivity index (χ4n) is 2.53. The van der Waals surface area contributed by atoms with Crippen molar-refractivity contribution < 1.29 is 4.79 Å². The topological polar surface area (TPSA) is 75.2 Å². The van der Waals surface area contributed by atoms with Crippen LogP contribution < -0.4 is 11.2 Å². The van der Waals surface area contributed by atoms with E-state index in [2.05, 4.69) is 11.1 Å². The molecule has 0 aliphatic rings. The average Bonchev–Trinajstić information content (AvgIpc) is 2.60. The molecule has 0 aliphatic heterocycles. The Morgan fingerprint density at radius 1 is 1.32 bits per heavy atom. The molecule has 1 heterocycles. The van der Waals surface area contributed by atoms with Crippen LogP contribution in [0.25, 0.3) is 0 Å². The third-order valence-electron chi connectivity index (χ3n) is 4.03. The maximum Gasteiger partial charge on any atom is 0.328 e. The van der Waals surface area contributed by atoms with E-state index < -0.39 is 11.2 Å². The Bertz CT molecular complexity index is 870. The summed E-state index contributed by atoms with van der Waals surface area (Å²) in [5, 5.41) is 0. The summed E-state index contributed by atoms with van der Waals surface area (Å²) in [7, 11) is 1.39. The van der Waals surface area contributed by atoms with E-state index >= 15 is 0 Å². The third kappa shape index (κ3) is 4.63. The van der Waals surface area contributed by atoms with Crippen molar-refractivity contribution in [2.24, 2.45) is 7.05 Å². The minimum Gasteiger partial charge on any atom is -0.336 e. The van der Waals surface area contributed by atoms with Crippen LogP contribution in [0.4, 0.5) is 0 Å². The lowest BCUT2D eigenvalue weighted by molar-refractivity contribution is -0.132. The second-order valence-corrected chi connectivity index (χ2v) is 7.01. The largest absolute Gasteiger partial charge is 0.336 e. The predicted octanol–water partition coefficient (Wildman–Crippen LogP) is 1.78. The van der Waals surface area contributed by atoms with E-state index in [1.807, 2.05) is 38.3 Å². The van der Waals surface area contributed by atoms with Crippen molar-refractivity contribution in [3.05, 3.63) is 62.4 Å². The van der Waals surface area contributed by atoms with Gasteiger partial charge in [-0.3, -0.25) is 14.2 Å². The standard InChI is InChI=1S/C18H23N3O3S/c1-12(2)21(11-13-6-5-7-15(8-13)25-4)16(22)9-14-10-19-18(24)20(3)17(14)23/h5-8,10,12H,9,11H2,1-4H3,(H,19,24). The monoisotopic (exact) mass is 361 g/mol. The summed E-state index contributed by atoms with van der Waals surface area (Å²) in [5.41, 5.74) is 0.403. The molecule has 0 saturated carbocycles. The SMILES string of the molecule is CSc1cccc(CN(C(=O)Cc2c[nH]c(=O)n(C)c2=O)C(C)C)c1. The highest BCUT2D eigenvalue weighted by molar-refractivity contribution is 7.98. The van der Waals surface area contributed by atoms with Gasteiger partial charge in [-0.25, -0.2) is 4.79 Å². The number of hydrogen-bond acceptors (Lipinski definition) is 4. The number of nitrogens with one attached hydrogen (secondary N) is 1. The summed E-state index contributed by atoms with van der Waals surface area (Å²) < 4.78 is 0.976. The first-order chi connectivity index (χ1) is 11.8. The van der Waals surface area contributed by atoms with Crippen molar-refractivity contribution in [1.82, 2.24) is 14.5 Å². The summed E-state index contributed by atoms with van der Waals surface area (Å²) in [5.74, 6) is -0.145. The molecular formula is C18H23N3O3S. The number of thioether (sulfide) groups is 1. The first-order valence-corrected chi connectivity index (χ1v) is 9.26. The highest BCUT2D eigenvalue weighted by Crippen LogP contribution is 2.18. The zero-order valence-electron chi connectivity index (χ0n) is 14.9. The fourth-order valence-corrected chi connectivity index (χ4v) is 3.02. The summed E-state index contributed by atoms with van der Waals surface area (Å²) in [6.07, 6.45) is 3.30. The summed E-state index contributed by atoms with van der Waals surface area (Å²) >= 11 is 1.65. The lowest BCUT2D eigenvalue weighted by Gasteiger charge is -2.27. The molecule has 134 valence electrons. The van der Waals surface area contributed by atoms with Crippen LogP contribution in [0.2, 0.25) is 0 Å². The maximum absolute atomic E-state index is 12.7. The Morgan fingerprint density at radius 2 is 2.04 bits per heavy atom. The number of carbonyl (C=O) groups is 1. The van der Waals surface area contributed by atoms with Crippen molar-refractivity contribution in [3.63, 3.8) is 0 Å². The zero-order chi connectivity index (χ0) is 18.6. The Labute approximate surface area is 150 Å². The van der Waals surface area contributed by atoms with Crippen molar-refractivity contribution in [1.29, 1.82) is 0 Å². The van der Waals surface area contributed by atoms with Crippen molar-refractivity contribution in [2.75, 3.05) is 6.26 Å². The normalized spacial score (nSPS) is 10.9. The molecule has 6 nitrogen and oxygen atoms in total. The molecule has 2 aromatic rings. The minimum atomic E-state index is -0.490. The molecule has 1 N–H and O–H groups in total. The molecule has 1 aromatic heterocycles. The molecule has 7 heteroatoms. The Morgan fingerprint density at radius 3 is 2.68 bits per heavy atom. The molecule has 0 unspecified atom stereocenters. The molecule has 2 rings (SSSR count). The van der Waals surface area contributed by atoms with Gasteiger partial charge in [0.25, 0.3) is 5.56 Å². The Hall–Kier alpha value is -2.28. The summed E-state index contributed by atoms with van der Waals surface area (Å²) in [6, 6.07) is 8.05. The van der Waals surface area contributed by atoms with Crippen LogP contribution in [0.5, 0.6) is 0 Å². The molecule has 0 saturated heterocycles. The zero-order valence-corrected chi connectivity index (χ0v) is 15.7. The number of aromatic nitrogens is 2. The van der Waals surface area contributed by atoms with Gasteiger partial charge in [0.2, 0.25) is 5.91 Å². The molecule has 25 heavy (non-hydrogen) atoms. The lowest BCUT2D eigenvalue weighted by Crippen LogP contribution is -2.40. The second kappa shape index (κ2) is 8.20. The summed E-state index contributed by atoms with van der Waals surface area (Å²) in [6.45, 7) is 4.37. The Kier molecular flexibility index (Phi) is 6.25. The third-order valence-corrected chi connectivity index (χ3v) is 4.75. The lowest BCUT2D eigenvalue weighted by atomic mass is 10.1. The number of amides is 1. The average molecular weight is 361 g/mol. The van der Waals surface area contributed by atoms with Crippen LogP contribution in [0.3, 0.4) is 0 Å². The first-order valence-electron chi connectivity index (χ1n) is 8.03. The van der Waals surface area contributed by atoms with Crippen molar-refractivity contribution in [2.45, 2.75) is 37.8 Å². The molecule has 1 aromatic carbocycles. The van der Waals surface area contributed by atoms with Gasteiger partial charge in [-0.05, 0) is 37.8 Å². The van der Waals surface area contributed by atoms with Gasteiger partial charge in [0.05, 0.1) is 6.42 Å². The number of carbonyl (C=O) groups excluding carboxylic acids is 1. The van der Waals surface area contributed by atoms with Gasteiger partial charge in [-0.15, -0.1) is 11.8 Å². The van der Waals surface area contributed by atoms with Gasteiger partial charge in [0.15, 0.2) is 0 Å². The highest BCUT2D eigenvalue weighted by atomic mass is 32.2. The number of H-pyrrole nitrogens is 1. The fraction of sp³-hybridized carbons (Fsp3) is 0.389. The quantitative estimate of drug-likeness (QED) is 0.796. The van der Waals surface area contributed by atoms with Gasteiger partial charge in [-0.2, -0.15) is 0 Å². The van der Waals surface area contributed by atoms with E-state index in [1.54, 1.807) is 16.7 Å². The van der Waals surface area contributed by atoms with Gasteiger partial charge in [-0.1, -0.05) is 12.1 Å².